The fourth-order valence-corrected chi connectivity index (χ4v) is 0.146. The van der Waals surface area contributed by atoms with E-state index in [1.165, 1.54) is 6.08 Å². The van der Waals surface area contributed by atoms with Gasteiger partial charge in [0.05, 0.1) is 5.37 Å². The van der Waals surface area contributed by atoms with Gasteiger partial charge in [0.1, 0.15) is 0 Å². The summed E-state index contributed by atoms with van der Waals surface area (Å²) in [6.45, 7) is 3.34. The molecule has 1 atom stereocenters. The third-order valence-electron chi connectivity index (χ3n) is 0.381. The van der Waals surface area contributed by atoms with Crippen molar-refractivity contribution in [2.45, 2.75) is 5.37 Å². The summed E-state index contributed by atoms with van der Waals surface area (Å²) >= 11 is 3.77. The minimum atomic E-state index is -0.384. The van der Waals surface area contributed by atoms with E-state index in [1.54, 1.807) is 0 Å². The van der Waals surface area contributed by atoms with Crippen LogP contribution in [0.3, 0.4) is 0 Å². The second kappa shape index (κ2) is 3.59. The first-order valence-electron chi connectivity index (χ1n) is 1.66. The Bertz CT molecular complexity index is 105. The Morgan fingerprint density at radius 2 is 2.57 bits per heavy atom. The minimum Gasteiger partial charge on any atom is -0.166 e. The molecule has 0 spiro atoms. The molecule has 0 aliphatic carbocycles. The van der Waals surface area contributed by atoms with Crippen molar-refractivity contribution in [2.75, 3.05) is 0 Å². The molecule has 0 bridgehead atoms. The lowest BCUT2D eigenvalue weighted by molar-refractivity contribution is 1.14. The van der Waals surface area contributed by atoms with Gasteiger partial charge in [-0.2, -0.15) is 12.6 Å². The van der Waals surface area contributed by atoms with Crippen molar-refractivity contribution in [1.82, 2.24) is 0 Å². The molecule has 0 fully saturated rings. The number of thiol groups is 1. The first-order chi connectivity index (χ1) is 3.31. The Kier molecular flexibility index (Phi) is 3.28. The van der Waals surface area contributed by atoms with E-state index in [1.807, 2.05) is 0 Å². The zero-order valence-corrected chi connectivity index (χ0v) is 4.55. The van der Waals surface area contributed by atoms with Crippen molar-refractivity contribution in [3.63, 3.8) is 0 Å². The lowest BCUT2D eigenvalue weighted by Gasteiger charge is -1.85. The molecule has 0 rings (SSSR count). The van der Waals surface area contributed by atoms with Crippen molar-refractivity contribution >= 4 is 12.6 Å². The summed E-state index contributed by atoms with van der Waals surface area (Å²) in [4.78, 5) is 2.48. The van der Waals surface area contributed by atoms with Gasteiger partial charge in [0.15, 0.2) is 0 Å². The zero-order valence-electron chi connectivity index (χ0n) is 3.65. The SMILES string of the molecule is C=CC(S)N=[N+]=[N-]. The minimum absolute atomic E-state index is 0.384. The maximum atomic E-state index is 7.73. The molecule has 1 unspecified atom stereocenters. The molecule has 0 saturated carbocycles. The van der Waals surface area contributed by atoms with Crippen LogP contribution < -0.4 is 0 Å². The van der Waals surface area contributed by atoms with Crippen LogP contribution in [0.25, 0.3) is 10.4 Å². The maximum Gasteiger partial charge on any atom is 0.0982 e. The van der Waals surface area contributed by atoms with Gasteiger partial charge < -0.3 is 0 Å². The molecule has 0 aliphatic rings. The van der Waals surface area contributed by atoms with Crippen LogP contribution in [0.15, 0.2) is 17.8 Å². The van der Waals surface area contributed by atoms with Gasteiger partial charge in [-0.3, -0.25) is 0 Å². The third-order valence-corrected chi connectivity index (χ3v) is 0.695. The highest BCUT2D eigenvalue weighted by Gasteiger charge is 1.84. The van der Waals surface area contributed by atoms with Gasteiger partial charge in [0.2, 0.25) is 0 Å². The molecule has 0 radical (unpaired) electrons. The molecule has 4 heteroatoms. The van der Waals surface area contributed by atoms with E-state index in [4.69, 9.17) is 5.53 Å². The molecular weight excluding hydrogens is 110 g/mol. The van der Waals surface area contributed by atoms with Crippen LogP contribution in [-0.4, -0.2) is 5.37 Å². The molecule has 0 N–H and O–H groups in total. The summed E-state index contributed by atoms with van der Waals surface area (Å²) in [5, 5.41) is 2.79. The average molecular weight is 115 g/mol. The molecule has 38 valence electrons. The van der Waals surface area contributed by atoms with Crippen LogP contribution in [0, 0.1) is 0 Å². The molecule has 0 amide bonds. The number of hydrogen-bond acceptors (Lipinski definition) is 2. The van der Waals surface area contributed by atoms with Gasteiger partial charge >= 0.3 is 0 Å². The van der Waals surface area contributed by atoms with Crippen LogP contribution in [0.5, 0.6) is 0 Å². The highest BCUT2D eigenvalue weighted by molar-refractivity contribution is 7.81. The Morgan fingerprint density at radius 1 is 2.00 bits per heavy atom. The first-order valence-corrected chi connectivity index (χ1v) is 2.17. The highest BCUT2D eigenvalue weighted by Crippen LogP contribution is 1.95. The number of azide groups is 1. The van der Waals surface area contributed by atoms with Crippen molar-refractivity contribution in [1.29, 1.82) is 0 Å². The van der Waals surface area contributed by atoms with Gasteiger partial charge in [-0.25, -0.2) is 0 Å². The Balaban J connectivity index is 3.56. The number of hydrogen-bond donors (Lipinski definition) is 1. The smallest absolute Gasteiger partial charge is 0.0982 e. The Morgan fingerprint density at radius 3 is 2.71 bits per heavy atom. The third kappa shape index (κ3) is 3.22. The molecule has 0 aromatic rings. The molecule has 7 heavy (non-hydrogen) atoms. The zero-order chi connectivity index (χ0) is 5.70. The van der Waals surface area contributed by atoms with Crippen LogP contribution in [-0.2, 0) is 0 Å². The first kappa shape index (κ1) is 6.40. The van der Waals surface area contributed by atoms with Crippen LogP contribution in [0.4, 0.5) is 0 Å². The summed E-state index contributed by atoms with van der Waals surface area (Å²) in [6, 6.07) is 0. The van der Waals surface area contributed by atoms with Crippen molar-refractivity contribution in [2.24, 2.45) is 5.11 Å². The summed E-state index contributed by atoms with van der Waals surface area (Å²) in [7, 11) is 0. The molecule has 0 heterocycles. The largest absolute Gasteiger partial charge is 0.166 e. The molecule has 0 aromatic carbocycles. The predicted molar refractivity (Wildman–Crippen MR) is 32.1 cm³/mol. The standard InChI is InChI=1S/C3H5N3S/c1-2-3(7)5-6-4/h2-3,7H,1H2. The monoisotopic (exact) mass is 115 g/mol. The predicted octanol–water partition coefficient (Wildman–Crippen LogP) is 1.74. The summed E-state index contributed by atoms with van der Waals surface area (Å²) < 4.78 is 0. The summed E-state index contributed by atoms with van der Waals surface area (Å²) in [6.07, 6.45) is 1.45. The van der Waals surface area contributed by atoms with Gasteiger partial charge in [-0.15, -0.1) is 6.58 Å². The van der Waals surface area contributed by atoms with Gasteiger partial charge in [-0.1, -0.05) is 11.2 Å². The molecule has 0 saturated heterocycles. The van der Waals surface area contributed by atoms with E-state index in [-0.39, 0.29) is 5.37 Å². The quantitative estimate of drug-likeness (QED) is 0.187. The fraction of sp³-hybridized carbons (Fsp3) is 0.333. The maximum absolute atomic E-state index is 7.73. The van der Waals surface area contributed by atoms with Gasteiger partial charge in [-0.05, 0) is 5.53 Å². The molecule has 3 nitrogen and oxygen atoms in total. The van der Waals surface area contributed by atoms with Crippen LogP contribution in [0.2, 0.25) is 0 Å². The van der Waals surface area contributed by atoms with Crippen LogP contribution >= 0.6 is 12.6 Å². The summed E-state index contributed by atoms with van der Waals surface area (Å²) in [5.74, 6) is 0. The second-order valence-corrected chi connectivity index (χ2v) is 1.38. The van der Waals surface area contributed by atoms with Crippen molar-refractivity contribution in [3.05, 3.63) is 23.1 Å². The number of nitrogens with zero attached hydrogens (tertiary/aromatic N) is 3. The van der Waals surface area contributed by atoms with Crippen LogP contribution in [0.1, 0.15) is 0 Å². The van der Waals surface area contributed by atoms with E-state index in [0.717, 1.165) is 0 Å². The van der Waals surface area contributed by atoms with E-state index < -0.39 is 0 Å². The Hall–Kier alpha value is -0.600. The Labute approximate surface area is 47.1 Å². The van der Waals surface area contributed by atoms with Crippen molar-refractivity contribution < 1.29 is 0 Å². The van der Waals surface area contributed by atoms with Crippen molar-refractivity contribution in [3.8, 4) is 0 Å². The molecule has 0 aromatic heterocycles. The fourth-order valence-electron chi connectivity index (χ4n) is 0.100. The van der Waals surface area contributed by atoms with E-state index in [9.17, 15) is 0 Å². The van der Waals surface area contributed by atoms with E-state index >= 15 is 0 Å². The van der Waals surface area contributed by atoms with E-state index in [2.05, 4.69) is 29.2 Å². The summed E-state index contributed by atoms with van der Waals surface area (Å²) in [5.41, 5.74) is 7.73. The lowest BCUT2D eigenvalue weighted by Crippen LogP contribution is -1.79. The number of rotatable bonds is 2. The lowest BCUT2D eigenvalue weighted by atomic mass is 10.6. The van der Waals surface area contributed by atoms with E-state index in [0.29, 0.717) is 0 Å². The topological polar surface area (TPSA) is 48.8 Å². The average Bonchev–Trinajstić information content (AvgIpc) is 1.68. The molecule has 0 aliphatic heterocycles. The second-order valence-electron chi connectivity index (χ2n) is 0.854. The highest BCUT2D eigenvalue weighted by atomic mass is 32.1. The normalized spacial score (nSPS) is 11.6. The van der Waals surface area contributed by atoms with Gasteiger partial charge in [0, 0.05) is 4.91 Å². The van der Waals surface area contributed by atoms with Gasteiger partial charge in [0.25, 0.3) is 0 Å². The molecular formula is C3H5N3S.